The minimum atomic E-state index is -1.63. The van der Waals surface area contributed by atoms with E-state index < -0.39 is 47.8 Å². The molecule has 2 aliphatic heterocycles. The van der Waals surface area contributed by atoms with Crippen LogP contribution in [-0.2, 0) is 89.5 Å². The number of fused-ring (bicyclic) bond motifs is 6. The predicted octanol–water partition coefficient (Wildman–Crippen LogP) is 14.1. The Morgan fingerprint density at radius 1 is 0.229 bits per heavy atom. The summed E-state index contributed by atoms with van der Waals surface area (Å²) in [5.74, 6) is 12.3. The summed E-state index contributed by atoms with van der Waals surface area (Å²) < 4.78 is 0. The first kappa shape index (κ1) is 77.3. The molecule has 0 nitrogen and oxygen atoms in total. The van der Waals surface area contributed by atoms with E-state index in [1.54, 1.807) is 0 Å². The molecule has 96 heavy (non-hydrogen) atoms. The van der Waals surface area contributed by atoms with Crippen LogP contribution >= 0.6 is 31.7 Å². The molecule has 0 aromatic heterocycles. The maximum Gasteiger partial charge on any atom is 1.00 e. The molecule has 12 aromatic carbocycles. The van der Waals surface area contributed by atoms with Crippen molar-refractivity contribution in [3.8, 4) is 45.9 Å². The van der Waals surface area contributed by atoms with Crippen molar-refractivity contribution in [3.05, 3.63) is 363 Å². The zero-order valence-corrected chi connectivity index (χ0v) is 68.3. The third-order valence-electron chi connectivity index (χ3n) is 17.6. The fourth-order valence-corrected chi connectivity index (χ4v) is 34.4. The Labute approximate surface area is 640 Å². The quantitative estimate of drug-likeness (QED) is 0.0495. The Morgan fingerprint density at radius 2 is 0.375 bits per heavy atom. The molecule has 0 saturated carbocycles. The average molecular weight is 2070 g/mol. The van der Waals surface area contributed by atoms with E-state index in [-0.39, 0.29) is 89.5 Å². The zero-order valence-electron chi connectivity index (χ0n) is 53.6. The van der Waals surface area contributed by atoms with Gasteiger partial charge >= 0.3 is 89.5 Å². The van der Waals surface area contributed by atoms with E-state index in [4.69, 9.17) is 25.7 Å². The minimum Gasteiger partial charge on any atom is -0.366 e. The third kappa shape index (κ3) is 18.4. The van der Waals surface area contributed by atoms with Gasteiger partial charge in [0.05, 0.1) is 0 Å². The monoisotopic (exact) mass is 2070 g/mol. The number of hydrogen-bond donors (Lipinski definition) is 0. The zero-order chi connectivity index (χ0) is 63.9. The van der Waals surface area contributed by atoms with Crippen LogP contribution in [0.2, 0.25) is 26.2 Å². The molecule has 0 atom stereocenters. The molecular formula is C86H72Au4P4Si2+4. The van der Waals surface area contributed by atoms with Gasteiger partial charge in [-0.2, -0.15) is 0 Å². The van der Waals surface area contributed by atoms with Crippen LogP contribution in [0.4, 0.5) is 0 Å². The third-order valence-corrected chi connectivity index (χ3v) is 38.6. The smallest absolute Gasteiger partial charge is 0.366 e. The molecule has 0 bridgehead atoms. The largest absolute Gasteiger partial charge is 1.00 e. The summed E-state index contributed by atoms with van der Waals surface area (Å²) in [5, 5.41) is 17.6. The minimum absolute atomic E-state index is 0. The Balaban J connectivity index is 0.000000180. The van der Waals surface area contributed by atoms with Gasteiger partial charge in [-0.15, -0.1) is 70.8 Å². The number of hydrogen-bond acceptors (Lipinski definition) is 0. The summed E-state index contributed by atoms with van der Waals surface area (Å²) in [6.45, 7) is 9.39. The Hall–Kier alpha value is -6.01. The number of benzene rings is 12. The van der Waals surface area contributed by atoms with Crippen molar-refractivity contribution in [2.45, 2.75) is 26.2 Å². The fourth-order valence-electron chi connectivity index (χ4n) is 12.8. The second kappa shape index (κ2) is 37.3. The van der Waals surface area contributed by atoms with Crippen LogP contribution in [0.1, 0.15) is 22.3 Å². The van der Waals surface area contributed by atoms with Gasteiger partial charge in [-0.25, -0.2) is 0 Å². The van der Waals surface area contributed by atoms with E-state index in [1.165, 1.54) is 97.2 Å². The van der Waals surface area contributed by atoms with Crippen LogP contribution in [0.3, 0.4) is 0 Å². The molecule has 0 amide bonds. The molecule has 0 spiro atoms. The van der Waals surface area contributed by atoms with E-state index >= 15 is 0 Å². The SMILES string of the molecule is [Au+].[Au+].[Au+].[Au+].[C-]#Cc1ccc2c(c1)-c1cc(C#[C-])ccc1[Si]2(C)C.[C-]#Cc1ccc2c(c1)-c1cc(C#[C-])ccc1[Si]2(C)C.c1ccc([PH+](C[PH+](c2ccccc2)c2ccccc2)c2ccccc2)cc1.c1ccc([PH+](C[PH+](c2ccccc2)c2ccccc2)c2ccccc2)cc1. The van der Waals surface area contributed by atoms with E-state index in [9.17, 15) is 0 Å². The molecule has 0 fully saturated rings. The normalized spacial score (nSPS) is 11.8. The summed E-state index contributed by atoms with van der Waals surface area (Å²) >= 11 is 0. The van der Waals surface area contributed by atoms with Crippen LogP contribution in [0.5, 0.6) is 0 Å². The topological polar surface area (TPSA) is 0 Å². The van der Waals surface area contributed by atoms with E-state index in [0.717, 1.165) is 22.3 Å². The molecule has 0 unspecified atom stereocenters. The van der Waals surface area contributed by atoms with Crippen molar-refractivity contribution in [1.82, 2.24) is 0 Å². The summed E-state index contributed by atoms with van der Waals surface area (Å²) in [6, 6.07) is 114. The van der Waals surface area contributed by atoms with E-state index in [2.05, 4.69) is 317 Å². The fraction of sp³-hybridized carbons (Fsp3) is 0.0698. The Morgan fingerprint density at radius 3 is 0.510 bits per heavy atom. The van der Waals surface area contributed by atoms with Gasteiger partial charge in [0.25, 0.3) is 0 Å². The maximum atomic E-state index is 7.29. The van der Waals surface area contributed by atoms with Gasteiger partial charge in [0.15, 0.2) is 11.8 Å². The van der Waals surface area contributed by atoms with Crippen LogP contribution < -0.4 is 63.2 Å². The van der Waals surface area contributed by atoms with Gasteiger partial charge in [-0.3, -0.25) is 23.7 Å². The number of rotatable bonds is 12. The Bertz CT molecular complexity index is 3880. The van der Waals surface area contributed by atoms with Crippen molar-refractivity contribution < 1.29 is 89.5 Å². The van der Waals surface area contributed by atoms with Gasteiger partial charge < -0.3 is 25.7 Å². The molecule has 0 N–H and O–H groups in total. The van der Waals surface area contributed by atoms with Gasteiger partial charge in [0.2, 0.25) is 0 Å². The van der Waals surface area contributed by atoms with E-state index in [0.29, 0.717) is 0 Å². The molecule has 484 valence electrons. The van der Waals surface area contributed by atoms with Gasteiger partial charge in [0.1, 0.15) is 90.3 Å². The van der Waals surface area contributed by atoms with Crippen molar-refractivity contribution in [1.29, 1.82) is 0 Å². The van der Waals surface area contributed by atoms with Crippen LogP contribution in [0.25, 0.3) is 22.3 Å². The standard InChI is InChI=1S/2C25H22P2.2C18H12Si.4Au/c2*1-5-13-22(14-6-1)26(23-15-7-2-8-16-23)21-27(24-17-9-3-10-18-24)25-19-11-4-12-20-25;2*1-5-13-7-9-17-15(11-13)16-12-14(6-2)8-10-18(16)19(17,3)4;;;;/h2*1-20H,21H2;2*7-12H,3-4H3;;;;/q;;2*-2;4*+1/p+4. The predicted molar refractivity (Wildman–Crippen MR) is 414 cm³/mol. The molecule has 2 heterocycles. The van der Waals surface area contributed by atoms with Crippen molar-refractivity contribution in [2.24, 2.45) is 0 Å². The molecule has 0 saturated heterocycles. The Kier molecular flexibility index (Phi) is 30.0. The first-order chi connectivity index (χ1) is 45.0. The van der Waals surface area contributed by atoms with Gasteiger partial charge in [-0.05, 0) is 140 Å². The van der Waals surface area contributed by atoms with Crippen LogP contribution in [0.15, 0.2) is 315 Å². The first-order valence-electron chi connectivity index (χ1n) is 31.2. The van der Waals surface area contributed by atoms with Crippen LogP contribution in [0, 0.1) is 49.4 Å². The molecular weight excluding hydrogens is 2000 g/mol. The van der Waals surface area contributed by atoms with Crippen molar-refractivity contribution in [3.63, 3.8) is 0 Å². The summed E-state index contributed by atoms with van der Waals surface area (Å²) in [7, 11) is -6.65. The molecule has 14 rings (SSSR count). The molecule has 0 aliphatic carbocycles. The van der Waals surface area contributed by atoms with Gasteiger partial charge in [-0.1, -0.05) is 196 Å². The van der Waals surface area contributed by atoms with Crippen LogP contribution in [-0.4, -0.2) is 28.0 Å². The summed E-state index contributed by atoms with van der Waals surface area (Å²) in [4.78, 5) is 0. The van der Waals surface area contributed by atoms with Crippen molar-refractivity contribution >= 4 is 111 Å². The molecule has 0 radical (unpaired) electrons. The second-order valence-electron chi connectivity index (χ2n) is 24.0. The van der Waals surface area contributed by atoms with E-state index in [1.807, 2.05) is 48.5 Å². The molecule has 2 aliphatic rings. The maximum absolute atomic E-state index is 7.29. The molecule has 12 aromatic rings. The second-order valence-corrected chi connectivity index (χ2v) is 43.9. The van der Waals surface area contributed by atoms with Gasteiger partial charge in [0, 0.05) is 0 Å². The first-order valence-corrected chi connectivity index (χ1v) is 44.0. The average Bonchev–Trinajstić information content (AvgIpc) is 1.60. The summed E-state index contributed by atoms with van der Waals surface area (Å²) in [6.07, 6.45) is 29.1. The van der Waals surface area contributed by atoms with Crippen molar-refractivity contribution in [2.75, 3.05) is 11.8 Å². The summed E-state index contributed by atoms with van der Waals surface area (Å²) in [5.41, 5.74) is 8.06. The molecule has 10 heteroatoms.